The molecule has 0 amide bonds. The highest BCUT2D eigenvalue weighted by atomic mass is 32.1. The van der Waals surface area contributed by atoms with Crippen molar-refractivity contribution >= 4 is 23.3 Å². The normalized spacial score (nSPS) is 11.1. The molecule has 3 rings (SSSR count). The number of benzene rings is 2. The molecular weight excluding hydrogens is 264 g/mol. The first-order valence-corrected chi connectivity index (χ1v) is 7.35. The van der Waals surface area contributed by atoms with E-state index < -0.39 is 0 Å². The highest BCUT2D eigenvalue weighted by Crippen LogP contribution is 2.17. The second-order valence-corrected chi connectivity index (χ2v) is 5.59. The van der Waals surface area contributed by atoms with Gasteiger partial charge in [0.2, 0.25) is 0 Å². The van der Waals surface area contributed by atoms with Crippen molar-refractivity contribution in [3.8, 4) is 0 Å². The summed E-state index contributed by atoms with van der Waals surface area (Å²) in [4.78, 5) is 3.29. The van der Waals surface area contributed by atoms with Crippen molar-refractivity contribution in [1.82, 2.24) is 9.55 Å². The standard InChI is InChI=1S/C17H18N2S/c1-3-13-5-7-14(8-6-13)11-19-16-9-4-12(2)10-15(16)18-17(19)20/h4-10H,3,11H2,1-2H3,(H,18,20). The number of aromatic nitrogens is 2. The number of nitrogens with zero attached hydrogens (tertiary/aromatic N) is 1. The van der Waals surface area contributed by atoms with Crippen molar-refractivity contribution in [2.24, 2.45) is 0 Å². The minimum absolute atomic E-state index is 0.783. The molecule has 1 aromatic heterocycles. The molecule has 0 unspecified atom stereocenters. The van der Waals surface area contributed by atoms with E-state index in [1.165, 1.54) is 22.2 Å². The zero-order valence-corrected chi connectivity index (χ0v) is 12.6. The predicted octanol–water partition coefficient (Wildman–Crippen LogP) is 4.62. The molecule has 0 spiro atoms. The Bertz CT molecular complexity index is 794. The number of nitrogens with one attached hydrogen (secondary N) is 1. The summed E-state index contributed by atoms with van der Waals surface area (Å²) in [5.41, 5.74) is 6.17. The zero-order valence-electron chi connectivity index (χ0n) is 11.8. The lowest BCUT2D eigenvalue weighted by Crippen LogP contribution is -1.99. The zero-order chi connectivity index (χ0) is 14.1. The number of imidazole rings is 1. The molecule has 0 saturated heterocycles. The lowest BCUT2D eigenvalue weighted by molar-refractivity contribution is 0.810. The van der Waals surface area contributed by atoms with Crippen LogP contribution < -0.4 is 0 Å². The summed E-state index contributed by atoms with van der Waals surface area (Å²) >= 11 is 5.45. The van der Waals surface area contributed by atoms with Gasteiger partial charge in [0, 0.05) is 0 Å². The van der Waals surface area contributed by atoms with E-state index in [1.54, 1.807) is 0 Å². The summed E-state index contributed by atoms with van der Waals surface area (Å²) in [7, 11) is 0. The summed E-state index contributed by atoms with van der Waals surface area (Å²) < 4.78 is 2.94. The Morgan fingerprint density at radius 2 is 1.75 bits per heavy atom. The predicted molar refractivity (Wildman–Crippen MR) is 86.8 cm³/mol. The molecule has 2 nitrogen and oxygen atoms in total. The van der Waals surface area contributed by atoms with Crippen molar-refractivity contribution < 1.29 is 0 Å². The summed E-state index contributed by atoms with van der Waals surface area (Å²) in [6.07, 6.45) is 1.08. The minimum atomic E-state index is 0.783. The fourth-order valence-electron chi connectivity index (χ4n) is 2.50. The van der Waals surface area contributed by atoms with E-state index in [0.29, 0.717) is 0 Å². The number of hydrogen-bond donors (Lipinski definition) is 1. The monoisotopic (exact) mass is 282 g/mol. The Balaban J connectivity index is 2.01. The van der Waals surface area contributed by atoms with Crippen molar-refractivity contribution in [2.75, 3.05) is 0 Å². The van der Waals surface area contributed by atoms with Crippen molar-refractivity contribution in [1.29, 1.82) is 0 Å². The minimum Gasteiger partial charge on any atom is -0.331 e. The van der Waals surface area contributed by atoms with Gasteiger partial charge in [-0.15, -0.1) is 0 Å². The third kappa shape index (κ3) is 2.41. The number of rotatable bonds is 3. The van der Waals surface area contributed by atoms with Crippen LogP contribution in [0.1, 0.15) is 23.6 Å². The van der Waals surface area contributed by atoms with E-state index in [-0.39, 0.29) is 0 Å². The van der Waals surface area contributed by atoms with Crippen LogP contribution in [0, 0.1) is 11.7 Å². The number of H-pyrrole nitrogens is 1. The van der Waals surface area contributed by atoms with Gasteiger partial charge >= 0.3 is 0 Å². The van der Waals surface area contributed by atoms with Gasteiger partial charge < -0.3 is 9.55 Å². The first kappa shape index (κ1) is 13.1. The molecule has 1 N–H and O–H groups in total. The quantitative estimate of drug-likeness (QED) is 0.695. The summed E-state index contributed by atoms with van der Waals surface area (Å²) in [5.74, 6) is 0. The van der Waals surface area contributed by atoms with E-state index in [0.717, 1.165) is 23.3 Å². The van der Waals surface area contributed by atoms with Crippen molar-refractivity contribution in [2.45, 2.75) is 26.8 Å². The van der Waals surface area contributed by atoms with Crippen LogP contribution in [0.3, 0.4) is 0 Å². The molecule has 0 saturated carbocycles. The molecule has 0 fully saturated rings. The first-order chi connectivity index (χ1) is 9.67. The topological polar surface area (TPSA) is 20.7 Å². The van der Waals surface area contributed by atoms with Crippen LogP contribution in [0.4, 0.5) is 0 Å². The van der Waals surface area contributed by atoms with Gasteiger partial charge in [0.1, 0.15) is 0 Å². The van der Waals surface area contributed by atoms with E-state index in [4.69, 9.17) is 12.2 Å². The van der Waals surface area contributed by atoms with Crippen LogP contribution in [0.15, 0.2) is 42.5 Å². The molecule has 0 atom stereocenters. The van der Waals surface area contributed by atoms with Crippen LogP contribution in [-0.4, -0.2) is 9.55 Å². The molecule has 3 aromatic rings. The summed E-state index contributed by atoms with van der Waals surface area (Å²) in [5, 5.41) is 0. The van der Waals surface area contributed by atoms with Gasteiger partial charge in [0.05, 0.1) is 17.6 Å². The fourth-order valence-corrected chi connectivity index (χ4v) is 2.77. The van der Waals surface area contributed by atoms with Gasteiger partial charge in [-0.05, 0) is 54.4 Å². The van der Waals surface area contributed by atoms with Crippen molar-refractivity contribution in [3.05, 3.63) is 63.9 Å². The van der Waals surface area contributed by atoms with Crippen LogP contribution >= 0.6 is 12.2 Å². The molecule has 2 aromatic carbocycles. The molecule has 3 heteroatoms. The molecule has 0 aliphatic carbocycles. The Morgan fingerprint density at radius 3 is 2.45 bits per heavy atom. The van der Waals surface area contributed by atoms with E-state index in [1.807, 2.05) is 0 Å². The first-order valence-electron chi connectivity index (χ1n) is 6.94. The SMILES string of the molecule is CCc1ccc(Cn2c(=S)[nH]c3cc(C)ccc32)cc1. The van der Waals surface area contributed by atoms with E-state index >= 15 is 0 Å². The van der Waals surface area contributed by atoms with E-state index in [2.05, 4.69) is 65.9 Å². The second-order valence-electron chi connectivity index (χ2n) is 5.21. The van der Waals surface area contributed by atoms with Gasteiger partial charge in [-0.2, -0.15) is 0 Å². The van der Waals surface area contributed by atoms with Crippen LogP contribution in [0.5, 0.6) is 0 Å². The number of fused-ring (bicyclic) bond motifs is 1. The fraction of sp³-hybridized carbons (Fsp3) is 0.235. The number of hydrogen-bond acceptors (Lipinski definition) is 1. The molecule has 1 heterocycles. The Hall–Kier alpha value is -1.87. The van der Waals surface area contributed by atoms with Gasteiger partial charge in [-0.25, -0.2) is 0 Å². The average molecular weight is 282 g/mol. The average Bonchev–Trinajstić information content (AvgIpc) is 2.75. The Morgan fingerprint density at radius 1 is 1.05 bits per heavy atom. The Labute approximate surface area is 124 Å². The van der Waals surface area contributed by atoms with E-state index in [9.17, 15) is 0 Å². The molecule has 102 valence electrons. The molecular formula is C17H18N2S. The highest BCUT2D eigenvalue weighted by molar-refractivity contribution is 7.71. The summed E-state index contributed by atoms with van der Waals surface area (Å²) in [6.45, 7) is 5.08. The molecule has 20 heavy (non-hydrogen) atoms. The lowest BCUT2D eigenvalue weighted by Gasteiger charge is -2.06. The summed E-state index contributed by atoms with van der Waals surface area (Å²) in [6, 6.07) is 15.2. The molecule has 0 radical (unpaired) electrons. The number of aryl methyl sites for hydroxylation is 2. The highest BCUT2D eigenvalue weighted by Gasteiger charge is 2.05. The largest absolute Gasteiger partial charge is 0.331 e. The number of aromatic amines is 1. The molecule has 0 aliphatic rings. The molecule has 0 aliphatic heterocycles. The Kier molecular flexibility index (Phi) is 3.45. The maximum Gasteiger partial charge on any atom is 0.178 e. The van der Waals surface area contributed by atoms with Gasteiger partial charge in [-0.3, -0.25) is 0 Å². The van der Waals surface area contributed by atoms with Gasteiger partial charge in [0.25, 0.3) is 0 Å². The maximum absolute atomic E-state index is 5.45. The maximum atomic E-state index is 5.45. The smallest absolute Gasteiger partial charge is 0.178 e. The van der Waals surface area contributed by atoms with Crippen molar-refractivity contribution in [3.63, 3.8) is 0 Å². The third-order valence-corrected chi connectivity index (χ3v) is 4.02. The third-order valence-electron chi connectivity index (χ3n) is 3.70. The molecule has 0 bridgehead atoms. The van der Waals surface area contributed by atoms with Gasteiger partial charge in [-0.1, -0.05) is 37.3 Å². The lowest BCUT2D eigenvalue weighted by atomic mass is 10.1. The van der Waals surface area contributed by atoms with Gasteiger partial charge in [0.15, 0.2) is 4.77 Å². The van der Waals surface area contributed by atoms with Crippen LogP contribution in [0.2, 0.25) is 0 Å². The van der Waals surface area contributed by atoms with Crippen LogP contribution in [-0.2, 0) is 13.0 Å². The second kappa shape index (κ2) is 5.25. The van der Waals surface area contributed by atoms with Crippen LogP contribution in [0.25, 0.3) is 11.0 Å².